The zero-order chi connectivity index (χ0) is 17.4. The maximum atomic E-state index is 13.4. The van der Waals surface area contributed by atoms with Crippen molar-refractivity contribution in [3.63, 3.8) is 0 Å². The number of benzene rings is 2. The molecule has 0 aliphatic carbocycles. The zero-order valence-corrected chi connectivity index (χ0v) is 14.9. The number of ether oxygens (including phenoxy) is 1. The van der Waals surface area contributed by atoms with Gasteiger partial charge in [-0.3, -0.25) is 4.79 Å². The standard InChI is InChI=1S/C18H19ClFNO2S/c1-13-10-15(6-7-16(13)19)23-11-18(22)21-8-9-24-12-14-4-2-3-5-17(14)20/h2-7,10H,8-9,11-12H2,1H3,(H,21,22). The van der Waals surface area contributed by atoms with Crippen molar-refractivity contribution in [3.8, 4) is 5.75 Å². The molecule has 1 amide bonds. The first kappa shape index (κ1) is 18.6. The number of aryl methyl sites for hydroxylation is 1. The van der Waals surface area contributed by atoms with Gasteiger partial charge < -0.3 is 10.1 Å². The van der Waals surface area contributed by atoms with Gasteiger partial charge in [-0.25, -0.2) is 4.39 Å². The zero-order valence-electron chi connectivity index (χ0n) is 13.4. The summed E-state index contributed by atoms with van der Waals surface area (Å²) in [6, 6.07) is 12.0. The van der Waals surface area contributed by atoms with Crippen LogP contribution in [0.15, 0.2) is 42.5 Å². The van der Waals surface area contributed by atoms with Crippen LogP contribution < -0.4 is 10.1 Å². The van der Waals surface area contributed by atoms with E-state index in [-0.39, 0.29) is 18.3 Å². The van der Waals surface area contributed by atoms with Crippen molar-refractivity contribution in [3.05, 3.63) is 64.4 Å². The minimum absolute atomic E-state index is 0.0426. The highest BCUT2D eigenvalue weighted by Crippen LogP contribution is 2.20. The Hall–Kier alpha value is -1.72. The van der Waals surface area contributed by atoms with Crippen molar-refractivity contribution in [2.75, 3.05) is 18.9 Å². The maximum Gasteiger partial charge on any atom is 0.257 e. The van der Waals surface area contributed by atoms with E-state index in [1.54, 1.807) is 42.1 Å². The van der Waals surface area contributed by atoms with E-state index in [0.29, 0.717) is 34.4 Å². The van der Waals surface area contributed by atoms with E-state index in [1.165, 1.54) is 6.07 Å². The maximum absolute atomic E-state index is 13.4. The van der Waals surface area contributed by atoms with Gasteiger partial charge in [0.2, 0.25) is 0 Å². The summed E-state index contributed by atoms with van der Waals surface area (Å²) in [7, 11) is 0. The Balaban J connectivity index is 1.61. The molecule has 6 heteroatoms. The van der Waals surface area contributed by atoms with Gasteiger partial charge in [0.1, 0.15) is 11.6 Å². The quantitative estimate of drug-likeness (QED) is 0.710. The first-order valence-electron chi connectivity index (χ1n) is 7.53. The Morgan fingerprint density at radius 3 is 2.83 bits per heavy atom. The molecule has 1 N–H and O–H groups in total. The lowest BCUT2D eigenvalue weighted by Gasteiger charge is -2.09. The molecule has 3 nitrogen and oxygen atoms in total. The lowest BCUT2D eigenvalue weighted by Crippen LogP contribution is -2.30. The molecule has 0 heterocycles. The molecular weight excluding hydrogens is 349 g/mol. The number of halogens is 2. The molecule has 2 rings (SSSR count). The number of amides is 1. The summed E-state index contributed by atoms with van der Waals surface area (Å²) in [6.07, 6.45) is 0. The molecule has 0 spiro atoms. The third-order valence-corrected chi connectivity index (χ3v) is 4.72. The Labute approximate surface area is 150 Å². The van der Waals surface area contributed by atoms with Gasteiger partial charge in [-0.2, -0.15) is 11.8 Å². The van der Waals surface area contributed by atoms with Crippen LogP contribution in [0, 0.1) is 12.7 Å². The topological polar surface area (TPSA) is 38.3 Å². The van der Waals surface area contributed by atoms with Crippen molar-refractivity contribution >= 4 is 29.3 Å². The van der Waals surface area contributed by atoms with Crippen molar-refractivity contribution in [2.24, 2.45) is 0 Å². The summed E-state index contributed by atoms with van der Waals surface area (Å²) < 4.78 is 18.9. The van der Waals surface area contributed by atoms with E-state index in [9.17, 15) is 9.18 Å². The van der Waals surface area contributed by atoms with E-state index in [1.807, 2.05) is 13.0 Å². The fourth-order valence-corrected chi connectivity index (χ4v) is 2.93. The second-order valence-electron chi connectivity index (χ2n) is 5.19. The van der Waals surface area contributed by atoms with Gasteiger partial charge in [-0.1, -0.05) is 29.8 Å². The van der Waals surface area contributed by atoms with Crippen LogP contribution in [0.4, 0.5) is 4.39 Å². The lowest BCUT2D eigenvalue weighted by molar-refractivity contribution is -0.122. The first-order chi connectivity index (χ1) is 11.6. The smallest absolute Gasteiger partial charge is 0.257 e. The van der Waals surface area contributed by atoms with Crippen molar-refractivity contribution in [1.82, 2.24) is 5.32 Å². The third-order valence-electron chi connectivity index (χ3n) is 3.28. The molecule has 2 aromatic carbocycles. The molecule has 0 saturated heterocycles. The van der Waals surface area contributed by atoms with Gasteiger partial charge >= 0.3 is 0 Å². The van der Waals surface area contributed by atoms with Crippen molar-refractivity contribution in [2.45, 2.75) is 12.7 Å². The van der Waals surface area contributed by atoms with Crippen molar-refractivity contribution in [1.29, 1.82) is 0 Å². The average Bonchev–Trinajstić information content (AvgIpc) is 2.57. The van der Waals surface area contributed by atoms with Crippen LogP contribution in [0.25, 0.3) is 0 Å². The second kappa shape index (κ2) is 9.55. The molecule has 0 atom stereocenters. The Bertz CT molecular complexity index is 696. The summed E-state index contributed by atoms with van der Waals surface area (Å²) in [5.74, 6) is 1.53. The van der Waals surface area contributed by atoms with Crippen LogP contribution in [0.2, 0.25) is 5.02 Å². The Kier molecular flexibility index (Phi) is 7.40. The molecule has 0 saturated carbocycles. The Morgan fingerprint density at radius 2 is 2.08 bits per heavy atom. The number of nitrogens with one attached hydrogen (secondary N) is 1. The number of hydrogen-bond donors (Lipinski definition) is 1. The van der Waals surface area contributed by atoms with Crippen LogP contribution in [0.1, 0.15) is 11.1 Å². The normalized spacial score (nSPS) is 10.5. The largest absolute Gasteiger partial charge is 0.484 e. The Morgan fingerprint density at radius 1 is 1.29 bits per heavy atom. The predicted octanol–water partition coefficient (Wildman–Crippen LogP) is 4.22. The second-order valence-corrected chi connectivity index (χ2v) is 6.71. The summed E-state index contributed by atoms with van der Waals surface area (Å²) >= 11 is 7.51. The highest BCUT2D eigenvalue weighted by atomic mass is 35.5. The van der Waals surface area contributed by atoms with Gasteiger partial charge in [0.05, 0.1) is 0 Å². The number of carbonyl (C=O) groups excluding carboxylic acids is 1. The lowest BCUT2D eigenvalue weighted by atomic mass is 10.2. The summed E-state index contributed by atoms with van der Waals surface area (Å²) in [5, 5.41) is 3.44. The van der Waals surface area contributed by atoms with Gasteiger partial charge in [0, 0.05) is 23.1 Å². The van der Waals surface area contributed by atoms with Gasteiger partial charge in [-0.05, 0) is 42.3 Å². The summed E-state index contributed by atoms with van der Waals surface area (Å²) in [5.41, 5.74) is 1.58. The van der Waals surface area contributed by atoms with E-state index in [4.69, 9.17) is 16.3 Å². The van der Waals surface area contributed by atoms with E-state index < -0.39 is 0 Å². The average molecular weight is 368 g/mol. The van der Waals surface area contributed by atoms with Crippen LogP contribution >= 0.6 is 23.4 Å². The molecule has 0 aromatic heterocycles. The number of hydrogen-bond acceptors (Lipinski definition) is 3. The van der Waals surface area contributed by atoms with Crippen LogP contribution in [0.5, 0.6) is 5.75 Å². The fourth-order valence-electron chi connectivity index (χ4n) is 1.97. The van der Waals surface area contributed by atoms with E-state index in [0.717, 1.165) is 5.56 Å². The molecule has 2 aromatic rings. The van der Waals surface area contributed by atoms with Crippen LogP contribution in [-0.4, -0.2) is 24.8 Å². The molecule has 24 heavy (non-hydrogen) atoms. The van der Waals surface area contributed by atoms with Crippen LogP contribution in [-0.2, 0) is 10.5 Å². The highest BCUT2D eigenvalue weighted by Gasteiger charge is 2.04. The summed E-state index contributed by atoms with van der Waals surface area (Å²) in [6.45, 7) is 2.35. The summed E-state index contributed by atoms with van der Waals surface area (Å²) in [4.78, 5) is 11.7. The van der Waals surface area contributed by atoms with E-state index >= 15 is 0 Å². The molecule has 0 fully saturated rings. The SMILES string of the molecule is Cc1cc(OCC(=O)NCCSCc2ccccc2F)ccc1Cl. The molecule has 0 bridgehead atoms. The number of carbonyl (C=O) groups is 1. The number of thioether (sulfide) groups is 1. The highest BCUT2D eigenvalue weighted by molar-refractivity contribution is 7.98. The third kappa shape index (κ3) is 6.06. The van der Waals surface area contributed by atoms with E-state index in [2.05, 4.69) is 5.32 Å². The monoisotopic (exact) mass is 367 g/mol. The number of rotatable bonds is 8. The molecular formula is C18H19ClFNO2S. The first-order valence-corrected chi connectivity index (χ1v) is 9.06. The van der Waals surface area contributed by atoms with Crippen LogP contribution in [0.3, 0.4) is 0 Å². The molecule has 0 aliphatic heterocycles. The molecule has 0 radical (unpaired) electrons. The minimum Gasteiger partial charge on any atom is -0.484 e. The molecule has 0 unspecified atom stereocenters. The van der Waals surface area contributed by atoms with Gasteiger partial charge in [0.25, 0.3) is 5.91 Å². The fraction of sp³-hybridized carbons (Fsp3) is 0.278. The van der Waals surface area contributed by atoms with Gasteiger partial charge in [-0.15, -0.1) is 0 Å². The molecule has 128 valence electrons. The molecule has 0 aliphatic rings. The van der Waals surface area contributed by atoms with Gasteiger partial charge in [0.15, 0.2) is 6.61 Å². The van der Waals surface area contributed by atoms with Crippen molar-refractivity contribution < 1.29 is 13.9 Å². The minimum atomic E-state index is -0.194. The predicted molar refractivity (Wildman–Crippen MR) is 97.3 cm³/mol.